The fourth-order valence-electron chi connectivity index (χ4n) is 3.34. The molecule has 0 bridgehead atoms. The van der Waals surface area contributed by atoms with E-state index >= 15 is 0 Å². The van der Waals surface area contributed by atoms with E-state index < -0.39 is 0 Å². The fourth-order valence-corrected chi connectivity index (χ4v) is 4.33. The summed E-state index contributed by atoms with van der Waals surface area (Å²) in [5.74, 6) is 1.25. The molecule has 1 aromatic rings. The van der Waals surface area contributed by atoms with Crippen LogP contribution in [0.1, 0.15) is 42.5 Å². The van der Waals surface area contributed by atoms with Gasteiger partial charge in [-0.15, -0.1) is 11.3 Å². The molecule has 0 saturated carbocycles. The zero-order valence-corrected chi connectivity index (χ0v) is 11.7. The van der Waals surface area contributed by atoms with E-state index in [-0.39, 0.29) is 11.8 Å². The van der Waals surface area contributed by atoms with E-state index in [1.165, 1.54) is 23.3 Å². The normalized spacial score (nSPS) is 31.9. The molecular formula is C15H20O2S. The zero-order chi connectivity index (χ0) is 12.5. The maximum Gasteiger partial charge on any atom is 0.143 e. The molecule has 1 saturated heterocycles. The molecule has 98 valence electrons. The molecule has 0 N–H and O–H groups in total. The van der Waals surface area contributed by atoms with E-state index in [4.69, 9.17) is 4.74 Å². The van der Waals surface area contributed by atoms with E-state index in [2.05, 4.69) is 18.4 Å². The first-order chi connectivity index (χ1) is 8.77. The van der Waals surface area contributed by atoms with Crippen LogP contribution < -0.4 is 0 Å². The van der Waals surface area contributed by atoms with Crippen LogP contribution in [0.5, 0.6) is 0 Å². The average Bonchev–Trinajstić information content (AvgIpc) is 2.86. The van der Waals surface area contributed by atoms with E-state index in [1.54, 1.807) is 0 Å². The molecule has 3 atom stereocenters. The predicted octanol–water partition coefficient (Wildman–Crippen LogP) is 3.41. The van der Waals surface area contributed by atoms with Crippen LogP contribution in [0, 0.1) is 11.8 Å². The number of fused-ring (bicyclic) bond motifs is 1. The summed E-state index contributed by atoms with van der Waals surface area (Å²) < 4.78 is 5.45. The van der Waals surface area contributed by atoms with Gasteiger partial charge < -0.3 is 4.74 Å². The van der Waals surface area contributed by atoms with Crippen molar-refractivity contribution in [3.05, 3.63) is 21.9 Å². The lowest BCUT2D eigenvalue weighted by Crippen LogP contribution is -2.35. The number of carbonyl (C=O) groups is 1. The molecule has 1 aliphatic heterocycles. The van der Waals surface area contributed by atoms with E-state index in [1.807, 2.05) is 11.3 Å². The Hall–Kier alpha value is -0.670. The molecule has 1 fully saturated rings. The van der Waals surface area contributed by atoms with Crippen molar-refractivity contribution in [2.24, 2.45) is 11.8 Å². The van der Waals surface area contributed by atoms with Crippen LogP contribution in [0.3, 0.4) is 0 Å². The molecule has 0 aromatic carbocycles. The maximum atomic E-state index is 12.8. The summed E-state index contributed by atoms with van der Waals surface area (Å²) in [7, 11) is 0. The second kappa shape index (κ2) is 5.14. The van der Waals surface area contributed by atoms with Crippen LogP contribution >= 0.6 is 11.3 Å². The third kappa shape index (κ3) is 2.14. The van der Waals surface area contributed by atoms with Crippen LogP contribution in [-0.2, 0) is 16.0 Å². The highest BCUT2D eigenvalue weighted by Crippen LogP contribution is 2.39. The molecule has 3 unspecified atom stereocenters. The van der Waals surface area contributed by atoms with Gasteiger partial charge in [0.2, 0.25) is 0 Å². The maximum absolute atomic E-state index is 12.8. The molecule has 1 aromatic heterocycles. The lowest BCUT2D eigenvalue weighted by atomic mass is 9.75. The van der Waals surface area contributed by atoms with Gasteiger partial charge in [-0.3, -0.25) is 4.79 Å². The van der Waals surface area contributed by atoms with Crippen LogP contribution in [0.25, 0.3) is 0 Å². The van der Waals surface area contributed by atoms with E-state index in [0.717, 1.165) is 26.1 Å². The SMILES string of the molecule is CC1COCCC1C(=O)C1CCCc2sccc21. The Bertz CT molecular complexity index is 437. The molecule has 2 nitrogen and oxygen atoms in total. The highest BCUT2D eigenvalue weighted by atomic mass is 32.1. The summed E-state index contributed by atoms with van der Waals surface area (Å²) in [4.78, 5) is 14.2. The Kier molecular flexibility index (Phi) is 3.53. The van der Waals surface area contributed by atoms with Crippen molar-refractivity contribution in [2.75, 3.05) is 13.2 Å². The molecule has 3 heteroatoms. The second-order valence-corrected chi connectivity index (χ2v) is 6.59. The molecule has 2 heterocycles. The molecule has 18 heavy (non-hydrogen) atoms. The molecule has 0 radical (unpaired) electrons. The van der Waals surface area contributed by atoms with Gasteiger partial charge in [0.25, 0.3) is 0 Å². The summed E-state index contributed by atoms with van der Waals surface area (Å²) in [5, 5.41) is 2.14. The Morgan fingerprint density at radius 1 is 1.44 bits per heavy atom. The molecular weight excluding hydrogens is 244 g/mol. The van der Waals surface area contributed by atoms with Crippen molar-refractivity contribution in [3.8, 4) is 0 Å². The minimum absolute atomic E-state index is 0.172. The molecule has 2 aliphatic rings. The Morgan fingerprint density at radius 2 is 2.33 bits per heavy atom. The Morgan fingerprint density at radius 3 is 3.17 bits per heavy atom. The van der Waals surface area contributed by atoms with E-state index in [9.17, 15) is 4.79 Å². The number of hydrogen-bond acceptors (Lipinski definition) is 3. The minimum atomic E-state index is 0.172. The van der Waals surface area contributed by atoms with Gasteiger partial charge in [0.05, 0.1) is 0 Å². The summed E-state index contributed by atoms with van der Waals surface area (Å²) in [6.07, 6.45) is 4.30. The number of thiophene rings is 1. The molecule has 0 spiro atoms. The number of ether oxygens (including phenoxy) is 1. The van der Waals surface area contributed by atoms with Crippen molar-refractivity contribution in [1.82, 2.24) is 0 Å². The lowest BCUT2D eigenvalue weighted by molar-refractivity contribution is -0.130. The zero-order valence-electron chi connectivity index (χ0n) is 10.9. The average molecular weight is 264 g/mol. The van der Waals surface area contributed by atoms with Gasteiger partial charge in [-0.25, -0.2) is 0 Å². The third-order valence-electron chi connectivity index (χ3n) is 4.40. The van der Waals surface area contributed by atoms with Crippen molar-refractivity contribution in [3.63, 3.8) is 0 Å². The van der Waals surface area contributed by atoms with Gasteiger partial charge in [-0.2, -0.15) is 0 Å². The third-order valence-corrected chi connectivity index (χ3v) is 5.40. The van der Waals surface area contributed by atoms with Gasteiger partial charge in [-0.05, 0) is 48.6 Å². The topological polar surface area (TPSA) is 26.3 Å². The second-order valence-electron chi connectivity index (χ2n) is 5.59. The first-order valence-electron chi connectivity index (χ1n) is 6.95. The number of rotatable bonds is 2. The van der Waals surface area contributed by atoms with Gasteiger partial charge in [0.1, 0.15) is 5.78 Å². The van der Waals surface area contributed by atoms with Gasteiger partial charge in [-0.1, -0.05) is 6.92 Å². The van der Waals surface area contributed by atoms with E-state index in [0.29, 0.717) is 11.7 Å². The Labute approximate surface area is 112 Å². The van der Waals surface area contributed by atoms with Crippen molar-refractivity contribution < 1.29 is 9.53 Å². The molecule has 1 aliphatic carbocycles. The van der Waals surface area contributed by atoms with Crippen LogP contribution in [0.4, 0.5) is 0 Å². The summed E-state index contributed by atoms with van der Waals surface area (Å²) in [6.45, 7) is 3.66. The van der Waals surface area contributed by atoms with Gasteiger partial charge >= 0.3 is 0 Å². The number of Topliss-reactive ketones (excluding diaryl/α,β-unsaturated/α-hetero) is 1. The number of aryl methyl sites for hydroxylation is 1. The number of hydrogen-bond donors (Lipinski definition) is 0. The predicted molar refractivity (Wildman–Crippen MR) is 73.1 cm³/mol. The Balaban J connectivity index is 1.81. The fraction of sp³-hybridized carbons (Fsp3) is 0.667. The summed E-state index contributed by atoms with van der Waals surface area (Å²) >= 11 is 1.82. The largest absolute Gasteiger partial charge is 0.381 e. The molecule has 0 amide bonds. The van der Waals surface area contributed by atoms with Crippen LogP contribution in [0.15, 0.2) is 11.4 Å². The smallest absolute Gasteiger partial charge is 0.143 e. The first kappa shape index (κ1) is 12.4. The van der Waals surface area contributed by atoms with Crippen LogP contribution in [0.2, 0.25) is 0 Å². The highest BCUT2D eigenvalue weighted by Gasteiger charge is 2.35. The number of ketones is 1. The van der Waals surface area contributed by atoms with Crippen molar-refractivity contribution in [2.45, 2.75) is 38.5 Å². The highest BCUT2D eigenvalue weighted by molar-refractivity contribution is 7.10. The van der Waals surface area contributed by atoms with Crippen LogP contribution in [-0.4, -0.2) is 19.0 Å². The van der Waals surface area contributed by atoms with Crippen molar-refractivity contribution in [1.29, 1.82) is 0 Å². The summed E-state index contributed by atoms with van der Waals surface area (Å²) in [5.41, 5.74) is 1.33. The standard InChI is InChI=1S/C15H20O2S/c1-10-9-17-7-5-11(10)15(16)13-3-2-4-14-12(13)6-8-18-14/h6,8,10-11,13H,2-5,7,9H2,1H3. The van der Waals surface area contributed by atoms with Gasteiger partial charge in [0, 0.05) is 29.9 Å². The lowest BCUT2D eigenvalue weighted by Gasteiger charge is -2.32. The minimum Gasteiger partial charge on any atom is -0.381 e. The summed E-state index contributed by atoms with van der Waals surface area (Å²) in [6, 6.07) is 2.17. The number of carbonyl (C=O) groups excluding carboxylic acids is 1. The van der Waals surface area contributed by atoms with Crippen molar-refractivity contribution >= 4 is 17.1 Å². The first-order valence-corrected chi connectivity index (χ1v) is 7.83. The molecule has 3 rings (SSSR count). The monoisotopic (exact) mass is 264 g/mol. The quantitative estimate of drug-likeness (QED) is 0.818. The van der Waals surface area contributed by atoms with Gasteiger partial charge in [0.15, 0.2) is 0 Å².